The van der Waals surface area contributed by atoms with Crippen molar-refractivity contribution < 1.29 is 4.42 Å². The number of aryl methyl sites for hydroxylation is 1. The Morgan fingerprint density at radius 1 is 0.585 bits per heavy atom. The lowest BCUT2D eigenvalue weighted by molar-refractivity contribution is 0.332. The minimum Gasteiger partial charge on any atom is -0.455 e. The van der Waals surface area contributed by atoms with E-state index in [0.717, 1.165) is 23.0 Å². The van der Waals surface area contributed by atoms with Crippen LogP contribution in [0.25, 0.3) is 60.6 Å². The van der Waals surface area contributed by atoms with Crippen molar-refractivity contribution in [2.75, 3.05) is 4.81 Å². The maximum atomic E-state index is 7.19. The SMILES string of the molecule is Cc1cc2c(cc1N1B3c4c(cc5c(oc6ccccc65)c4-c4cc5c(cc41)Sc1ccccc1S5)-n1c4ccc(C(C)(C)C)cc4c4cc(C(C)(C)C)cc3c41)C(C)(C)CCC2(C)C. The zero-order valence-electron chi connectivity index (χ0n) is 39.5. The molecule has 13 rings (SSSR count). The molecule has 9 aromatic rings. The Morgan fingerprint density at radius 3 is 1.94 bits per heavy atom. The first-order valence-electron chi connectivity index (χ1n) is 23.6. The Morgan fingerprint density at radius 2 is 1.23 bits per heavy atom. The quantitative estimate of drug-likeness (QED) is 0.153. The summed E-state index contributed by atoms with van der Waals surface area (Å²) in [7, 11) is 0. The van der Waals surface area contributed by atoms with E-state index >= 15 is 0 Å². The summed E-state index contributed by atoms with van der Waals surface area (Å²) in [6.07, 6.45) is 2.35. The van der Waals surface area contributed by atoms with Gasteiger partial charge in [0.25, 0.3) is 0 Å². The molecule has 3 nitrogen and oxygen atoms in total. The van der Waals surface area contributed by atoms with Gasteiger partial charge >= 0.3 is 6.85 Å². The molecule has 0 unspecified atom stereocenters. The number of furan rings is 1. The largest absolute Gasteiger partial charge is 0.455 e. The molecule has 0 saturated heterocycles. The average Bonchev–Trinajstić information content (AvgIpc) is 3.80. The first-order chi connectivity index (χ1) is 30.9. The van der Waals surface area contributed by atoms with Gasteiger partial charge in [-0.15, -0.1) is 0 Å². The van der Waals surface area contributed by atoms with Gasteiger partial charge in [-0.05, 0) is 141 Å². The van der Waals surface area contributed by atoms with Gasteiger partial charge in [-0.1, -0.05) is 141 Å². The van der Waals surface area contributed by atoms with Crippen LogP contribution in [0.15, 0.2) is 133 Å². The maximum absolute atomic E-state index is 7.19. The third-order valence-electron chi connectivity index (χ3n) is 15.7. The second-order valence-corrected chi connectivity index (χ2v) is 25.0. The molecule has 0 bridgehead atoms. The molecule has 6 heteroatoms. The van der Waals surface area contributed by atoms with Crippen molar-refractivity contribution in [2.45, 2.75) is 130 Å². The van der Waals surface area contributed by atoms with E-state index in [1.807, 2.05) is 23.5 Å². The standard InChI is InChI=1S/C59H55BN2OS2/c1-32-24-40-41(59(10,11)23-22-58(40,8)9)30-44(32)62-45-31-51-50(64-48-18-14-15-19-49(48)65-51)29-39(45)52-53-46(28-38-35-16-12-13-17-47(35)63-55(38)52)61-43-21-20-33(56(2,3)4)25-36(43)37-26-34(57(5,6)7)27-42(54(37)61)60(53)62/h12-21,24-31H,22-23H2,1-11H3. The van der Waals surface area contributed by atoms with Crippen molar-refractivity contribution in [3.63, 3.8) is 0 Å². The van der Waals surface area contributed by atoms with Crippen molar-refractivity contribution in [3.8, 4) is 16.8 Å². The van der Waals surface area contributed by atoms with Gasteiger partial charge in [-0.3, -0.25) is 0 Å². The van der Waals surface area contributed by atoms with Crippen LogP contribution in [0.4, 0.5) is 11.4 Å². The van der Waals surface area contributed by atoms with Gasteiger partial charge in [0.2, 0.25) is 0 Å². The summed E-state index contributed by atoms with van der Waals surface area (Å²) >= 11 is 3.82. The van der Waals surface area contributed by atoms with Crippen molar-refractivity contribution in [3.05, 3.63) is 137 Å². The first-order valence-corrected chi connectivity index (χ1v) is 25.2. The minimum atomic E-state index is -0.128. The molecule has 0 atom stereocenters. The average molecular weight is 883 g/mol. The van der Waals surface area contributed by atoms with E-state index in [1.54, 1.807) is 0 Å². The maximum Gasteiger partial charge on any atom is 0.333 e. The summed E-state index contributed by atoms with van der Waals surface area (Å²) in [5.74, 6) is 0. The summed E-state index contributed by atoms with van der Waals surface area (Å²) < 4.78 is 9.83. The molecule has 0 amide bonds. The van der Waals surface area contributed by atoms with E-state index in [2.05, 4.69) is 195 Å². The van der Waals surface area contributed by atoms with Crippen LogP contribution in [-0.2, 0) is 21.7 Å². The molecule has 0 spiro atoms. The van der Waals surface area contributed by atoms with Crippen LogP contribution in [-0.4, -0.2) is 11.4 Å². The number of rotatable bonds is 1. The van der Waals surface area contributed by atoms with Gasteiger partial charge in [0, 0.05) is 69.3 Å². The molecule has 3 aliphatic heterocycles. The summed E-state index contributed by atoms with van der Waals surface area (Å²) in [5, 5.41) is 4.99. The van der Waals surface area contributed by atoms with E-state index in [9.17, 15) is 0 Å². The molecule has 0 fully saturated rings. The third-order valence-corrected chi connectivity index (χ3v) is 18.2. The van der Waals surface area contributed by atoms with Crippen LogP contribution in [0, 0.1) is 6.92 Å². The normalized spacial score (nSPS) is 16.8. The molecule has 0 saturated carbocycles. The molecule has 1 aliphatic carbocycles. The van der Waals surface area contributed by atoms with E-state index < -0.39 is 0 Å². The van der Waals surface area contributed by atoms with Crippen LogP contribution in [0.1, 0.15) is 110 Å². The highest BCUT2D eigenvalue weighted by molar-refractivity contribution is 8.05. The predicted octanol–water partition coefficient (Wildman–Crippen LogP) is 15.8. The monoisotopic (exact) mass is 882 g/mol. The third kappa shape index (κ3) is 5.53. The molecular weight excluding hydrogens is 828 g/mol. The fourth-order valence-electron chi connectivity index (χ4n) is 11.9. The highest BCUT2D eigenvalue weighted by Gasteiger charge is 2.48. The fourth-order valence-corrected chi connectivity index (χ4v) is 14.2. The summed E-state index contributed by atoms with van der Waals surface area (Å²) in [5.41, 5.74) is 20.5. The highest BCUT2D eigenvalue weighted by Crippen LogP contribution is 2.57. The lowest BCUT2D eigenvalue weighted by atomic mass is 9.43. The molecule has 65 heavy (non-hydrogen) atoms. The topological polar surface area (TPSA) is 21.3 Å². The number of aromatic nitrogens is 1. The Balaban J connectivity index is 1.23. The smallest absolute Gasteiger partial charge is 0.333 e. The Bertz CT molecular complexity index is 3610. The van der Waals surface area contributed by atoms with Gasteiger partial charge in [0.05, 0.1) is 11.0 Å². The summed E-state index contributed by atoms with van der Waals surface area (Å²) in [6.45, 7) is 26.3. The van der Waals surface area contributed by atoms with Crippen LogP contribution >= 0.6 is 23.5 Å². The van der Waals surface area contributed by atoms with Gasteiger partial charge in [-0.2, -0.15) is 0 Å². The van der Waals surface area contributed by atoms with Crippen LogP contribution < -0.4 is 15.7 Å². The number of benzene rings is 7. The number of fused-ring (bicyclic) bond motifs is 14. The van der Waals surface area contributed by atoms with E-state index in [1.165, 1.54) is 120 Å². The van der Waals surface area contributed by atoms with Crippen molar-refractivity contribution in [2.24, 2.45) is 0 Å². The van der Waals surface area contributed by atoms with Crippen molar-refractivity contribution in [1.82, 2.24) is 4.57 Å². The zero-order chi connectivity index (χ0) is 44.9. The van der Waals surface area contributed by atoms with Gasteiger partial charge < -0.3 is 13.8 Å². The molecule has 0 radical (unpaired) electrons. The second-order valence-electron chi connectivity index (χ2n) is 22.9. The fraction of sp³-hybridized carbons (Fsp3) is 0.288. The summed E-state index contributed by atoms with van der Waals surface area (Å²) in [6, 6.07) is 42.7. The molecule has 2 aromatic heterocycles. The lowest BCUT2D eigenvalue weighted by Crippen LogP contribution is -2.61. The molecule has 5 heterocycles. The van der Waals surface area contributed by atoms with E-state index in [0.29, 0.717) is 0 Å². The molecule has 7 aromatic carbocycles. The van der Waals surface area contributed by atoms with Crippen LogP contribution in [0.3, 0.4) is 0 Å². The molecule has 322 valence electrons. The van der Waals surface area contributed by atoms with E-state index in [4.69, 9.17) is 4.42 Å². The van der Waals surface area contributed by atoms with Crippen molar-refractivity contribution in [1.29, 1.82) is 0 Å². The Hall–Kier alpha value is -5.30. The van der Waals surface area contributed by atoms with Gasteiger partial charge in [0.1, 0.15) is 11.2 Å². The summed E-state index contributed by atoms with van der Waals surface area (Å²) in [4.78, 5) is 8.03. The van der Waals surface area contributed by atoms with Crippen LogP contribution in [0.5, 0.6) is 0 Å². The number of nitrogens with zero attached hydrogens (tertiary/aromatic N) is 2. The molecule has 4 aliphatic rings. The van der Waals surface area contributed by atoms with Crippen molar-refractivity contribution >= 4 is 96.4 Å². The molecular formula is C59H55BN2OS2. The van der Waals surface area contributed by atoms with Crippen LogP contribution in [0.2, 0.25) is 0 Å². The Labute approximate surface area is 392 Å². The Kier molecular flexibility index (Phi) is 7.99. The lowest BCUT2D eigenvalue weighted by Gasteiger charge is -2.46. The molecule has 0 N–H and O–H groups in total. The zero-order valence-corrected chi connectivity index (χ0v) is 41.1. The highest BCUT2D eigenvalue weighted by atomic mass is 32.2. The second kappa shape index (κ2) is 13.0. The van der Waals surface area contributed by atoms with Gasteiger partial charge in [-0.25, -0.2) is 0 Å². The predicted molar refractivity (Wildman–Crippen MR) is 279 cm³/mol. The first kappa shape index (κ1) is 40.0. The number of anilines is 2. The number of hydrogen-bond acceptors (Lipinski definition) is 4. The number of hydrogen-bond donors (Lipinski definition) is 0. The number of para-hydroxylation sites is 1. The minimum absolute atomic E-state index is 0.00518. The van der Waals surface area contributed by atoms with Gasteiger partial charge in [0.15, 0.2) is 0 Å². The van der Waals surface area contributed by atoms with E-state index in [-0.39, 0.29) is 28.5 Å².